The van der Waals surface area contributed by atoms with Gasteiger partial charge in [0.2, 0.25) is 0 Å². The Kier molecular flexibility index (Phi) is 5.56. The lowest BCUT2D eigenvalue weighted by Gasteiger charge is -2.12. The number of nitrogens with zero attached hydrogens (tertiary/aromatic N) is 3. The molecule has 4 rings (SSSR count). The van der Waals surface area contributed by atoms with E-state index in [2.05, 4.69) is 15.4 Å². The molecule has 0 unspecified atom stereocenters. The number of alkyl halides is 3. The SMILES string of the molecule is CCc1ccccc1NC(=O)c1cnn2c(C(F)(F)F)cc(-c3cccc(OC)c3)nc12. The van der Waals surface area contributed by atoms with Crippen LogP contribution in [0.25, 0.3) is 16.9 Å². The molecule has 2 aromatic heterocycles. The molecule has 0 spiro atoms. The Morgan fingerprint density at radius 3 is 2.62 bits per heavy atom. The number of methoxy groups -OCH3 is 1. The molecule has 0 fully saturated rings. The van der Waals surface area contributed by atoms with Crippen LogP contribution in [0.1, 0.15) is 28.5 Å². The highest BCUT2D eigenvalue weighted by atomic mass is 19.4. The molecule has 4 aromatic rings. The largest absolute Gasteiger partial charge is 0.497 e. The average Bonchev–Trinajstić information content (AvgIpc) is 3.22. The van der Waals surface area contributed by atoms with Gasteiger partial charge in [0, 0.05) is 11.3 Å². The van der Waals surface area contributed by atoms with Gasteiger partial charge in [-0.25, -0.2) is 9.50 Å². The number of nitrogens with one attached hydrogen (secondary N) is 1. The quantitative estimate of drug-likeness (QED) is 0.461. The minimum atomic E-state index is -4.70. The molecule has 32 heavy (non-hydrogen) atoms. The van der Waals surface area contributed by atoms with E-state index in [1.54, 1.807) is 36.4 Å². The number of aryl methyl sites for hydroxylation is 1. The van der Waals surface area contributed by atoms with Crippen LogP contribution in [-0.4, -0.2) is 27.6 Å². The Balaban J connectivity index is 1.85. The number of amides is 1. The van der Waals surface area contributed by atoms with Gasteiger partial charge in [0.1, 0.15) is 11.3 Å². The average molecular weight is 440 g/mol. The van der Waals surface area contributed by atoms with Crippen LogP contribution in [0.15, 0.2) is 60.8 Å². The van der Waals surface area contributed by atoms with Gasteiger partial charge in [-0.1, -0.05) is 37.3 Å². The minimum Gasteiger partial charge on any atom is -0.497 e. The van der Waals surface area contributed by atoms with Crippen molar-refractivity contribution in [1.82, 2.24) is 14.6 Å². The van der Waals surface area contributed by atoms with Crippen molar-refractivity contribution in [2.75, 3.05) is 12.4 Å². The van der Waals surface area contributed by atoms with Gasteiger partial charge in [0.15, 0.2) is 11.3 Å². The molecule has 0 radical (unpaired) electrons. The zero-order valence-corrected chi connectivity index (χ0v) is 17.3. The Morgan fingerprint density at radius 2 is 1.91 bits per heavy atom. The highest BCUT2D eigenvalue weighted by molar-refractivity contribution is 6.08. The van der Waals surface area contributed by atoms with Crippen molar-refractivity contribution < 1.29 is 22.7 Å². The fraction of sp³-hybridized carbons (Fsp3) is 0.174. The number of carbonyl (C=O) groups excluding carboxylic acids is 1. The summed E-state index contributed by atoms with van der Waals surface area (Å²) in [6.07, 6.45) is -2.93. The fourth-order valence-corrected chi connectivity index (χ4v) is 3.40. The van der Waals surface area contributed by atoms with Crippen LogP contribution in [0.4, 0.5) is 18.9 Å². The van der Waals surface area contributed by atoms with Crippen LogP contribution < -0.4 is 10.1 Å². The summed E-state index contributed by atoms with van der Waals surface area (Å²) in [7, 11) is 1.46. The standard InChI is InChI=1S/C23H19F3N4O2/c1-3-14-7-4-5-10-18(14)29-22(31)17-13-27-30-20(23(24,25)26)12-19(28-21(17)30)15-8-6-9-16(11-15)32-2/h4-13H,3H2,1-2H3,(H,29,31). The van der Waals surface area contributed by atoms with E-state index in [0.717, 1.165) is 17.8 Å². The van der Waals surface area contributed by atoms with E-state index in [1.165, 1.54) is 7.11 Å². The molecule has 6 nitrogen and oxygen atoms in total. The van der Waals surface area contributed by atoms with E-state index in [1.807, 2.05) is 19.1 Å². The van der Waals surface area contributed by atoms with Gasteiger partial charge >= 0.3 is 6.18 Å². The Bertz CT molecular complexity index is 1300. The number of para-hydroxylation sites is 1. The van der Waals surface area contributed by atoms with E-state index in [0.29, 0.717) is 27.9 Å². The minimum absolute atomic E-state index is 0.0484. The van der Waals surface area contributed by atoms with E-state index in [9.17, 15) is 18.0 Å². The number of carbonyl (C=O) groups is 1. The number of hydrogen-bond donors (Lipinski definition) is 1. The first kappa shape index (κ1) is 21.4. The number of halogens is 3. The molecular formula is C23H19F3N4O2. The normalized spacial score (nSPS) is 11.5. The van der Waals surface area contributed by atoms with Crippen LogP contribution in [0.2, 0.25) is 0 Å². The van der Waals surface area contributed by atoms with E-state index in [4.69, 9.17) is 4.74 Å². The Hall–Kier alpha value is -3.88. The summed E-state index contributed by atoms with van der Waals surface area (Å²) in [5.74, 6) is -0.121. The lowest BCUT2D eigenvalue weighted by molar-refractivity contribution is -0.142. The third-order valence-corrected chi connectivity index (χ3v) is 5.02. The van der Waals surface area contributed by atoms with Crippen LogP contribution in [0.5, 0.6) is 5.75 Å². The molecule has 0 saturated carbocycles. The molecule has 2 heterocycles. The van der Waals surface area contributed by atoms with Crippen LogP contribution in [0.3, 0.4) is 0 Å². The summed E-state index contributed by atoms with van der Waals surface area (Å²) in [5.41, 5.74) is 0.662. The van der Waals surface area contributed by atoms with E-state index >= 15 is 0 Å². The van der Waals surface area contributed by atoms with Crippen molar-refractivity contribution in [3.8, 4) is 17.0 Å². The lowest BCUT2D eigenvalue weighted by atomic mass is 10.1. The molecule has 0 aliphatic carbocycles. The van der Waals surface area contributed by atoms with E-state index in [-0.39, 0.29) is 16.9 Å². The molecule has 0 bridgehead atoms. The molecule has 164 valence electrons. The summed E-state index contributed by atoms with van der Waals surface area (Å²) in [6.45, 7) is 1.94. The van der Waals surface area contributed by atoms with Gasteiger partial charge in [-0.05, 0) is 36.2 Å². The smallest absolute Gasteiger partial charge is 0.433 e. The number of rotatable bonds is 5. The molecule has 0 aliphatic rings. The topological polar surface area (TPSA) is 68.5 Å². The third-order valence-electron chi connectivity index (χ3n) is 5.02. The number of aromatic nitrogens is 3. The first-order valence-electron chi connectivity index (χ1n) is 9.81. The maximum Gasteiger partial charge on any atom is 0.433 e. The highest BCUT2D eigenvalue weighted by Crippen LogP contribution is 2.33. The molecule has 0 saturated heterocycles. The van der Waals surface area contributed by atoms with Gasteiger partial charge in [-0.3, -0.25) is 4.79 Å². The molecule has 0 aliphatic heterocycles. The maximum atomic E-state index is 13.8. The van der Waals surface area contributed by atoms with Crippen molar-refractivity contribution in [3.63, 3.8) is 0 Å². The lowest BCUT2D eigenvalue weighted by Crippen LogP contribution is -2.16. The number of benzene rings is 2. The Labute approximate surface area is 181 Å². The van der Waals surface area contributed by atoms with Crippen molar-refractivity contribution in [2.45, 2.75) is 19.5 Å². The van der Waals surface area contributed by atoms with E-state index < -0.39 is 17.8 Å². The van der Waals surface area contributed by atoms with Crippen molar-refractivity contribution >= 4 is 17.2 Å². The van der Waals surface area contributed by atoms with Crippen LogP contribution >= 0.6 is 0 Å². The summed E-state index contributed by atoms with van der Waals surface area (Å²) in [4.78, 5) is 17.3. The second kappa shape index (κ2) is 8.33. The number of anilines is 1. The number of ether oxygens (including phenoxy) is 1. The van der Waals surface area contributed by atoms with Gasteiger partial charge < -0.3 is 10.1 Å². The van der Waals surface area contributed by atoms with Gasteiger partial charge in [-0.15, -0.1) is 0 Å². The van der Waals surface area contributed by atoms with Crippen LogP contribution in [-0.2, 0) is 12.6 Å². The second-order valence-corrected chi connectivity index (χ2v) is 7.01. The maximum absolute atomic E-state index is 13.8. The van der Waals surface area contributed by atoms with Gasteiger partial charge in [0.05, 0.1) is 19.0 Å². The van der Waals surface area contributed by atoms with Crippen molar-refractivity contribution in [2.24, 2.45) is 0 Å². The Morgan fingerprint density at radius 1 is 1.12 bits per heavy atom. The zero-order valence-electron chi connectivity index (χ0n) is 17.3. The summed E-state index contributed by atoms with van der Waals surface area (Å²) >= 11 is 0. The monoisotopic (exact) mass is 440 g/mol. The molecule has 9 heteroatoms. The molecule has 0 atom stereocenters. The third kappa shape index (κ3) is 4.01. The summed E-state index contributed by atoms with van der Waals surface area (Å²) in [6, 6.07) is 14.7. The summed E-state index contributed by atoms with van der Waals surface area (Å²) < 4.78 is 47.2. The predicted molar refractivity (Wildman–Crippen MR) is 114 cm³/mol. The van der Waals surface area contributed by atoms with Crippen molar-refractivity contribution in [1.29, 1.82) is 0 Å². The first-order chi connectivity index (χ1) is 15.3. The molecular weight excluding hydrogens is 421 g/mol. The molecule has 1 N–H and O–H groups in total. The number of hydrogen-bond acceptors (Lipinski definition) is 4. The van der Waals surface area contributed by atoms with Crippen molar-refractivity contribution in [3.05, 3.63) is 77.6 Å². The molecule has 1 amide bonds. The zero-order chi connectivity index (χ0) is 22.9. The second-order valence-electron chi connectivity index (χ2n) is 7.01. The van der Waals surface area contributed by atoms with Gasteiger partial charge in [0.25, 0.3) is 5.91 Å². The van der Waals surface area contributed by atoms with Gasteiger partial charge in [-0.2, -0.15) is 18.3 Å². The van der Waals surface area contributed by atoms with Crippen LogP contribution in [0, 0.1) is 0 Å². The highest BCUT2D eigenvalue weighted by Gasteiger charge is 2.36. The predicted octanol–water partition coefficient (Wildman–Crippen LogP) is 5.24. The summed E-state index contributed by atoms with van der Waals surface area (Å²) in [5, 5.41) is 6.57. The molecule has 2 aromatic carbocycles. The fourth-order valence-electron chi connectivity index (χ4n) is 3.40. The number of fused-ring (bicyclic) bond motifs is 1. The first-order valence-corrected chi connectivity index (χ1v) is 9.81.